The molecule has 2 atom stereocenters. The molecule has 2 heterocycles. The molecule has 1 aromatic heterocycles. The Morgan fingerprint density at radius 1 is 1.08 bits per heavy atom. The van der Waals surface area contributed by atoms with Crippen LogP contribution in [0.2, 0.25) is 0 Å². The number of hydrogen-bond acceptors (Lipinski definition) is 10. The Labute approximate surface area is 302 Å². The maximum absolute atomic E-state index is 15.7. The molecule has 0 unspecified atom stereocenters. The van der Waals surface area contributed by atoms with E-state index in [0.29, 0.717) is 29.3 Å². The fourth-order valence-corrected chi connectivity index (χ4v) is 7.42. The number of hydroxylamine groups is 1. The van der Waals surface area contributed by atoms with Crippen LogP contribution in [0.15, 0.2) is 71.8 Å². The van der Waals surface area contributed by atoms with Crippen LogP contribution in [0.3, 0.4) is 0 Å². The van der Waals surface area contributed by atoms with Gasteiger partial charge in [-0.2, -0.15) is 13.2 Å². The van der Waals surface area contributed by atoms with E-state index in [4.69, 9.17) is 5.73 Å². The van der Waals surface area contributed by atoms with E-state index in [1.54, 1.807) is 36.4 Å². The van der Waals surface area contributed by atoms with Gasteiger partial charge in [0.1, 0.15) is 17.7 Å². The highest BCUT2D eigenvalue weighted by Gasteiger charge is 2.45. The average Bonchev–Trinajstić information content (AvgIpc) is 3.62. The number of fused-ring (bicyclic) bond motifs is 1. The number of carbonyl (C=O) groups excluding carboxylic acids is 3. The van der Waals surface area contributed by atoms with Crippen molar-refractivity contribution in [2.75, 3.05) is 29.8 Å². The summed E-state index contributed by atoms with van der Waals surface area (Å²) < 4.78 is 87.2. The SMILES string of the molecule is CCc1ccc(F)c([C@H](Nc2ccc3c(N)nccc3c2)C(=O)N2CCC[C@@H]2c2cc(N(OC(=O)C(F)(F)F)C(=O)OC)ccc2S(=O)(=O)C(C)C)c1. The molecule has 3 N–H and O–H groups in total. The zero-order chi connectivity index (χ0) is 38.8. The van der Waals surface area contributed by atoms with Gasteiger partial charge in [-0.15, -0.1) is 5.06 Å². The first-order valence-corrected chi connectivity index (χ1v) is 18.1. The molecule has 2 amide bonds. The third-order valence-electron chi connectivity index (χ3n) is 8.93. The van der Waals surface area contributed by atoms with Gasteiger partial charge in [-0.25, -0.2) is 27.4 Å². The van der Waals surface area contributed by atoms with Gasteiger partial charge >= 0.3 is 18.2 Å². The molecule has 1 fully saturated rings. The fraction of sp³-hybridized carbons (Fsp3) is 0.333. The smallest absolute Gasteiger partial charge is 0.450 e. The number of halogens is 4. The Morgan fingerprint density at radius 3 is 2.47 bits per heavy atom. The Morgan fingerprint density at radius 2 is 1.81 bits per heavy atom. The van der Waals surface area contributed by atoms with Gasteiger partial charge < -0.3 is 25.5 Å². The lowest BCUT2D eigenvalue weighted by Gasteiger charge is -2.32. The average molecular weight is 760 g/mol. The number of ether oxygens (including phenoxy) is 1. The van der Waals surface area contributed by atoms with Gasteiger partial charge in [0.2, 0.25) is 5.91 Å². The molecule has 53 heavy (non-hydrogen) atoms. The lowest BCUT2D eigenvalue weighted by Crippen LogP contribution is -2.39. The highest BCUT2D eigenvalue weighted by molar-refractivity contribution is 7.92. The van der Waals surface area contributed by atoms with Crippen molar-refractivity contribution in [3.63, 3.8) is 0 Å². The molecule has 12 nitrogen and oxygen atoms in total. The molecule has 0 bridgehead atoms. The van der Waals surface area contributed by atoms with Crippen LogP contribution in [0, 0.1) is 5.82 Å². The predicted octanol–water partition coefficient (Wildman–Crippen LogP) is 6.81. The number of nitrogen functional groups attached to an aromatic ring is 1. The number of pyridine rings is 1. The lowest BCUT2D eigenvalue weighted by atomic mass is 9.98. The monoisotopic (exact) mass is 759 g/mol. The standard InChI is InChI=1S/C36H37F4N5O7S/c1-5-21-8-12-28(37)26(17-21)31(43-23-9-11-25-22(18-23)14-15-42-32(25)41)33(46)44-16-6-7-29(44)27-19-24(10-13-30(27)53(49,50)20(2)3)45(35(48)51-4)52-34(47)36(38,39)40/h8-15,17-20,29,31,43H,5-7,16H2,1-4H3,(H2,41,42)/t29-,31+/m1/s1. The van der Waals surface area contributed by atoms with Crippen LogP contribution >= 0.6 is 0 Å². The number of rotatable bonds is 9. The van der Waals surface area contributed by atoms with E-state index in [1.807, 2.05) is 6.92 Å². The Kier molecular flexibility index (Phi) is 11.2. The molecule has 0 radical (unpaired) electrons. The summed E-state index contributed by atoms with van der Waals surface area (Å²) >= 11 is 0. The number of aromatic nitrogens is 1. The van der Waals surface area contributed by atoms with Crippen LogP contribution in [0.5, 0.6) is 0 Å². The van der Waals surface area contributed by atoms with Crippen LogP contribution < -0.4 is 16.1 Å². The second-order valence-corrected chi connectivity index (χ2v) is 15.0. The van der Waals surface area contributed by atoms with Crippen LogP contribution in [0.1, 0.15) is 62.4 Å². The molecule has 5 rings (SSSR count). The molecular weight excluding hydrogens is 722 g/mol. The number of anilines is 3. The second-order valence-electron chi connectivity index (χ2n) is 12.6. The number of benzene rings is 3. The fourth-order valence-electron chi connectivity index (χ4n) is 6.13. The van der Waals surface area contributed by atoms with Crippen molar-refractivity contribution >= 4 is 55.8 Å². The highest BCUT2D eigenvalue weighted by Crippen LogP contribution is 2.41. The van der Waals surface area contributed by atoms with E-state index < -0.39 is 62.8 Å². The number of amides is 2. The zero-order valence-corrected chi connectivity index (χ0v) is 29.9. The Bertz CT molecular complexity index is 2160. The molecule has 1 aliphatic rings. The number of alkyl halides is 3. The van der Waals surface area contributed by atoms with E-state index in [0.717, 1.165) is 30.9 Å². The third-order valence-corrected chi connectivity index (χ3v) is 11.2. The molecule has 282 valence electrons. The van der Waals surface area contributed by atoms with Crippen molar-refractivity contribution in [3.05, 3.63) is 89.4 Å². The minimum Gasteiger partial charge on any atom is -0.450 e. The Hall–Kier alpha value is -5.45. The summed E-state index contributed by atoms with van der Waals surface area (Å²) in [4.78, 5) is 48.7. The van der Waals surface area contributed by atoms with E-state index in [9.17, 15) is 36.0 Å². The minimum atomic E-state index is -5.49. The predicted molar refractivity (Wildman–Crippen MR) is 188 cm³/mol. The number of nitrogens with zero attached hydrogens (tertiary/aromatic N) is 3. The molecule has 1 aliphatic heterocycles. The number of nitrogens with one attached hydrogen (secondary N) is 1. The second kappa shape index (κ2) is 15.3. The first kappa shape index (κ1) is 38.8. The summed E-state index contributed by atoms with van der Waals surface area (Å²) in [5, 5.41) is 3.47. The lowest BCUT2D eigenvalue weighted by molar-refractivity contribution is -0.200. The van der Waals surface area contributed by atoms with E-state index >= 15 is 4.39 Å². The summed E-state index contributed by atoms with van der Waals surface area (Å²) in [6.07, 6.45) is -4.42. The number of aryl methyl sites for hydroxylation is 1. The van der Waals surface area contributed by atoms with Gasteiger partial charge in [-0.3, -0.25) is 4.79 Å². The minimum absolute atomic E-state index is 0.0223. The maximum atomic E-state index is 15.7. The van der Waals surface area contributed by atoms with Crippen LogP contribution in [-0.2, 0) is 35.4 Å². The number of carbonyl (C=O) groups is 3. The summed E-state index contributed by atoms with van der Waals surface area (Å²) in [7, 11) is -3.28. The van der Waals surface area contributed by atoms with Crippen LogP contribution in [-0.4, -0.2) is 61.4 Å². The molecular formula is C36H37F4N5O7S. The molecule has 3 aromatic carbocycles. The zero-order valence-electron chi connectivity index (χ0n) is 29.1. The number of hydrogen-bond donors (Lipinski definition) is 2. The van der Waals surface area contributed by atoms with Crippen molar-refractivity contribution in [2.24, 2.45) is 0 Å². The first-order chi connectivity index (χ1) is 25.0. The molecule has 0 saturated carbocycles. The molecule has 1 saturated heterocycles. The highest BCUT2D eigenvalue weighted by atomic mass is 32.2. The number of methoxy groups -OCH3 is 1. The van der Waals surface area contributed by atoms with Crippen molar-refractivity contribution in [1.29, 1.82) is 0 Å². The number of nitrogens with two attached hydrogens (primary N) is 1. The number of likely N-dealkylation sites (tertiary alicyclic amines) is 1. The topological polar surface area (TPSA) is 161 Å². The van der Waals surface area contributed by atoms with Gasteiger partial charge in [0, 0.05) is 29.4 Å². The van der Waals surface area contributed by atoms with Crippen molar-refractivity contribution in [2.45, 2.75) is 68.4 Å². The van der Waals surface area contributed by atoms with Crippen molar-refractivity contribution < 1.29 is 49.9 Å². The third kappa shape index (κ3) is 7.99. The summed E-state index contributed by atoms with van der Waals surface area (Å²) in [6, 6.07) is 11.9. The first-order valence-electron chi connectivity index (χ1n) is 16.5. The molecule has 4 aromatic rings. The maximum Gasteiger partial charge on any atom is 0.493 e. The van der Waals surface area contributed by atoms with E-state index in [2.05, 4.69) is 19.9 Å². The Balaban J connectivity index is 1.64. The molecule has 17 heteroatoms. The van der Waals surface area contributed by atoms with Gasteiger partial charge in [0.15, 0.2) is 9.84 Å². The van der Waals surface area contributed by atoms with Crippen LogP contribution in [0.25, 0.3) is 10.8 Å². The van der Waals surface area contributed by atoms with E-state index in [-0.39, 0.29) is 39.9 Å². The quantitative estimate of drug-likeness (QED) is 0.137. The summed E-state index contributed by atoms with van der Waals surface area (Å²) in [6.45, 7) is 4.80. The van der Waals surface area contributed by atoms with Gasteiger partial charge in [-0.05, 0) is 98.2 Å². The van der Waals surface area contributed by atoms with E-state index in [1.165, 1.54) is 31.0 Å². The molecule has 0 spiro atoms. The largest absolute Gasteiger partial charge is 0.493 e. The van der Waals surface area contributed by atoms with Gasteiger partial charge in [-0.1, -0.05) is 19.1 Å². The van der Waals surface area contributed by atoms with Gasteiger partial charge in [0.05, 0.1) is 29.0 Å². The number of sulfone groups is 1. The van der Waals surface area contributed by atoms with Crippen LogP contribution in [0.4, 0.5) is 39.5 Å². The normalized spacial score (nSPS) is 15.3. The summed E-state index contributed by atoms with van der Waals surface area (Å²) in [5.74, 6) is -3.76. The van der Waals surface area contributed by atoms with Crippen molar-refractivity contribution in [1.82, 2.24) is 9.88 Å². The molecule has 0 aliphatic carbocycles. The van der Waals surface area contributed by atoms with Crippen molar-refractivity contribution in [3.8, 4) is 0 Å². The summed E-state index contributed by atoms with van der Waals surface area (Å²) in [5.41, 5.74) is 6.68. The van der Waals surface area contributed by atoms with Gasteiger partial charge in [0.25, 0.3) is 0 Å².